The quantitative estimate of drug-likeness (QED) is 0.842. The van der Waals surface area contributed by atoms with Crippen LogP contribution in [0.3, 0.4) is 0 Å². The molecule has 1 aromatic heterocycles. The van der Waals surface area contributed by atoms with E-state index in [1.807, 2.05) is 0 Å². The highest BCUT2D eigenvalue weighted by atomic mass is 35.5. The van der Waals surface area contributed by atoms with Crippen molar-refractivity contribution in [2.75, 3.05) is 39.4 Å². The molecule has 1 N–H and O–H groups in total. The molecule has 0 saturated carbocycles. The Labute approximate surface area is 128 Å². The van der Waals surface area contributed by atoms with Crippen molar-refractivity contribution in [1.29, 1.82) is 0 Å². The van der Waals surface area contributed by atoms with E-state index in [1.165, 1.54) is 0 Å². The van der Waals surface area contributed by atoms with Gasteiger partial charge in [-0.05, 0) is 19.0 Å². The molecular weight excluding hydrogens is 301 g/mol. The number of morpholine rings is 1. The maximum absolute atomic E-state index is 12.0. The van der Waals surface area contributed by atoms with Gasteiger partial charge in [-0.25, -0.2) is 0 Å². The summed E-state index contributed by atoms with van der Waals surface area (Å²) in [5.41, 5.74) is 0.478. The number of carbonyl (C=O) groups is 1. The number of rotatable bonds is 5. The Morgan fingerprint density at radius 1 is 1.40 bits per heavy atom. The van der Waals surface area contributed by atoms with Crippen LogP contribution in [0, 0.1) is 0 Å². The lowest BCUT2D eigenvalue weighted by Gasteiger charge is -2.26. The summed E-state index contributed by atoms with van der Waals surface area (Å²) in [4.78, 5) is 14.3. The van der Waals surface area contributed by atoms with Gasteiger partial charge >= 0.3 is 0 Å². The third kappa shape index (κ3) is 3.88. The highest BCUT2D eigenvalue weighted by Gasteiger charge is 2.15. The lowest BCUT2D eigenvalue weighted by Crippen LogP contribution is -2.38. The lowest BCUT2D eigenvalue weighted by atomic mass is 10.3. The fourth-order valence-electron chi connectivity index (χ4n) is 2.18. The van der Waals surface area contributed by atoms with Crippen LogP contribution >= 0.6 is 23.2 Å². The molecule has 5 nitrogen and oxygen atoms in total. The van der Waals surface area contributed by atoms with E-state index in [-0.39, 0.29) is 5.91 Å². The van der Waals surface area contributed by atoms with Crippen LogP contribution in [-0.4, -0.2) is 54.8 Å². The second kappa shape index (κ2) is 7.31. The van der Waals surface area contributed by atoms with Gasteiger partial charge in [-0.15, -0.1) is 0 Å². The molecule has 112 valence electrons. The zero-order chi connectivity index (χ0) is 14.5. The van der Waals surface area contributed by atoms with Crippen LogP contribution < -0.4 is 5.32 Å². The van der Waals surface area contributed by atoms with Gasteiger partial charge in [0.1, 0.15) is 10.8 Å². The van der Waals surface area contributed by atoms with Crippen LogP contribution in [0.2, 0.25) is 10.2 Å². The minimum absolute atomic E-state index is 0.150. The molecule has 2 rings (SSSR count). The summed E-state index contributed by atoms with van der Waals surface area (Å²) in [5, 5.41) is 3.66. The van der Waals surface area contributed by atoms with Gasteiger partial charge in [-0.3, -0.25) is 9.69 Å². The van der Waals surface area contributed by atoms with Gasteiger partial charge in [0.25, 0.3) is 5.91 Å². The van der Waals surface area contributed by atoms with Crippen molar-refractivity contribution < 1.29 is 9.53 Å². The monoisotopic (exact) mass is 319 g/mol. The van der Waals surface area contributed by atoms with Crippen LogP contribution in [0.5, 0.6) is 0 Å². The summed E-state index contributed by atoms with van der Waals surface area (Å²) >= 11 is 11.8. The summed E-state index contributed by atoms with van der Waals surface area (Å²) in [6.45, 7) is 5.14. The third-order valence-electron chi connectivity index (χ3n) is 3.39. The Morgan fingerprint density at radius 3 is 2.70 bits per heavy atom. The molecule has 2 heterocycles. The number of aromatic nitrogens is 1. The van der Waals surface area contributed by atoms with Crippen molar-refractivity contribution in [3.8, 4) is 0 Å². The van der Waals surface area contributed by atoms with Crippen LogP contribution in [0.15, 0.2) is 6.07 Å². The van der Waals surface area contributed by atoms with E-state index in [0.29, 0.717) is 22.4 Å². The molecular formula is C13H19Cl2N3O2. The number of hydrogen-bond acceptors (Lipinski definition) is 3. The van der Waals surface area contributed by atoms with Gasteiger partial charge in [0.05, 0.1) is 18.2 Å². The minimum Gasteiger partial charge on any atom is -0.379 e. The first-order chi connectivity index (χ1) is 9.59. The minimum atomic E-state index is -0.150. The van der Waals surface area contributed by atoms with Gasteiger partial charge in [0.2, 0.25) is 0 Å². The smallest absolute Gasteiger partial charge is 0.267 e. The molecule has 0 aliphatic carbocycles. The predicted molar refractivity (Wildman–Crippen MR) is 79.6 cm³/mol. The Kier molecular flexibility index (Phi) is 5.72. The van der Waals surface area contributed by atoms with Gasteiger partial charge in [0, 0.05) is 26.7 Å². The molecule has 1 amide bonds. The first-order valence-corrected chi connectivity index (χ1v) is 7.44. The van der Waals surface area contributed by atoms with Crippen LogP contribution in [0.1, 0.15) is 16.9 Å². The molecule has 0 spiro atoms. The van der Waals surface area contributed by atoms with E-state index in [2.05, 4.69) is 10.2 Å². The van der Waals surface area contributed by atoms with Gasteiger partial charge < -0.3 is 14.6 Å². The zero-order valence-corrected chi connectivity index (χ0v) is 13.0. The number of hydrogen-bond donors (Lipinski definition) is 1. The normalized spacial score (nSPS) is 16.4. The second-order valence-corrected chi connectivity index (χ2v) is 5.56. The number of nitrogens with one attached hydrogen (secondary N) is 1. The molecule has 1 aliphatic rings. The Hall–Kier alpha value is -0.750. The summed E-state index contributed by atoms with van der Waals surface area (Å²) in [6, 6.07) is 1.58. The number of ether oxygens (including phenoxy) is 1. The van der Waals surface area contributed by atoms with Crippen molar-refractivity contribution in [3.63, 3.8) is 0 Å². The highest BCUT2D eigenvalue weighted by molar-refractivity contribution is 6.41. The van der Waals surface area contributed by atoms with Crippen molar-refractivity contribution >= 4 is 29.1 Å². The summed E-state index contributed by atoms with van der Waals surface area (Å²) in [6.07, 6.45) is 0.914. The molecule has 1 fully saturated rings. The van der Waals surface area contributed by atoms with Crippen molar-refractivity contribution in [3.05, 3.63) is 21.9 Å². The number of nitrogens with zero attached hydrogens (tertiary/aromatic N) is 2. The number of carbonyl (C=O) groups excluding carboxylic acids is 1. The third-order valence-corrected chi connectivity index (χ3v) is 4.23. The maximum Gasteiger partial charge on any atom is 0.267 e. The molecule has 0 radical (unpaired) electrons. The van der Waals surface area contributed by atoms with Crippen LogP contribution in [0.4, 0.5) is 0 Å². The molecule has 1 aliphatic heterocycles. The predicted octanol–water partition coefficient (Wildman–Crippen LogP) is 1.78. The van der Waals surface area contributed by atoms with Gasteiger partial charge in [-0.1, -0.05) is 23.2 Å². The second-order valence-electron chi connectivity index (χ2n) is 4.79. The first kappa shape index (κ1) is 15.6. The molecule has 0 atom stereocenters. The van der Waals surface area contributed by atoms with E-state index in [0.717, 1.165) is 39.3 Å². The van der Waals surface area contributed by atoms with Crippen LogP contribution in [-0.2, 0) is 11.8 Å². The first-order valence-electron chi connectivity index (χ1n) is 6.68. The van der Waals surface area contributed by atoms with Crippen molar-refractivity contribution in [2.45, 2.75) is 6.42 Å². The lowest BCUT2D eigenvalue weighted by molar-refractivity contribution is 0.0374. The molecule has 7 heteroatoms. The van der Waals surface area contributed by atoms with E-state index < -0.39 is 0 Å². The average Bonchev–Trinajstić information content (AvgIpc) is 2.72. The van der Waals surface area contributed by atoms with E-state index >= 15 is 0 Å². The standard InChI is InChI=1S/C13H19Cl2N3O2/c1-17-11(9-10(14)12(17)15)13(19)16-3-2-4-18-5-7-20-8-6-18/h9H,2-8H2,1H3,(H,16,19). The summed E-state index contributed by atoms with van der Waals surface area (Å²) in [5.74, 6) is -0.150. The molecule has 0 unspecified atom stereocenters. The molecule has 20 heavy (non-hydrogen) atoms. The Bertz CT molecular complexity index is 470. The summed E-state index contributed by atoms with van der Waals surface area (Å²) in [7, 11) is 1.72. The fourth-order valence-corrected chi connectivity index (χ4v) is 2.56. The fraction of sp³-hybridized carbons (Fsp3) is 0.615. The van der Waals surface area contributed by atoms with Gasteiger partial charge in [0.15, 0.2) is 0 Å². The Morgan fingerprint density at radius 2 is 2.10 bits per heavy atom. The maximum atomic E-state index is 12.0. The molecule has 0 aromatic carbocycles. The van der Waals surface area contributed by atoms with Gasteiger partial charge in [-0.2, -0.15) is 0 Å². The molecule has 1 saturated heterocycles. The Balaban J connectivity index is 1.73. The average molecular weight is 320 g/mol. The zero-order valence-electron chi connectivity index (χ0n) is 11.5. The van der Waals surface area contributed by atoms with E-state index in [9.17, 15) is 4.79 Å². The molecule has 0 bridgehead atoms. The summed E-state index contributed by atoms with van der Waals surface area (Å²) < 4.78 is 6.87. The highest BCUT2D eigenvalue weighted by Crippen LogP contribution is 2.24. The topological polar surface area (TPSA) is 46.5 Å². The number of halogens is 2. The van der Waals surface area contributed by atoms with Crippen molar-refractivity contribution in [1.82, 2.24) is 14.8 Å². The van der Waals surface area contributed by atoms with E-state index in [1.54, 1.807) is 17.7 Å². The SMILES string of the molecule is Cn1c(C(=O)NCCCN2CCOCC2)cc(Cl)c1Cl. The van der Waals surface area contributed by atoms with E-state index in [4.69, 9.17) is 27.9 Å². The molecule has 1 aromatic rings. The largest absolute Gasteiger partial charge is 0.379 e. The van der Waals surface area contributed by atoms with Crippen LogP contribution in [0.25, 0.3) is 0 Å². The van der Waals surface area contributed by atoms with Crippen molar-refractivity contribution in [2.24, 2.45) is 7.05 Å². The number of amides is 1.